The molecule has 17 heavy (non-hydrogen) atoms. The van der Waals surface area contributed by atoms with Crippen molar-refractivity contribution in [3.8, 4) is 0 Å². The summed E-state index contributed by atoms with van der Waals surface area (Å²) in [6.45, 7) is 13.2. The first-order valence-electron chi connectivity index (χ1n) is 7.43. The molecule has 2 fully saturated rings. The second kappa shape index (κ2) is 4.89. The highest BCUT2D eigenvalue weighted by Crippen LogP contribution is 2.35. The van der Waals surface area contributed by atoms with Crippen molar-refractivity contribution < 1.29 is 0 Å². The summed E-state index contributed by atoms with van der Waals surface area (Å²) in [4.78, 5) is 2.71. The third-order valence-electron chi connectivity index (χ3n) is 4.33. The summed E-state index contributed by atoms with van der Waals surface area (Å²) in [6, 6.07) is 0. The van der Waals surface area contributed by atoms with E-state index in [1.807, 2.05) is 0 Å². The molecule has 0 unspecified atom stereocenters. The Labute approximate surface area is 107 Å². The van der Waals surface area contributed by atoms with E-state index >= 15 is 0 Å². The lowest BCUT2D eigenvalue weighted by molar-refractivity contribution is 0.0594. The van der Waals surface area contributed by atoms with Crippen LogP contribution in [0.5, 0.6) is 0 Å². The third kappa shape index (κ3) is 3.45. The summed E-state index contributed by atoms with van der Waals surface area (Å²) >= 11 is 0. The molecule has 1 aliphatic heterocycles. The lowest BCUT2D eigenvalue weighted by Crippen LogP contribution is -2.68. The lowest BCUT2D eigenvalue weighted by Gasteiger charge is -2.50. The van der Waals surface area contributed by atoms with Crippen LogP contribution in [-0.4, -0.2) is 35.6 Å². The normalized spacial score (nSPS) is 28.1. The minimum absolute atomic E-state index is 0.291. The molecule has 0 atom stereocenters. The lowest BCUT2D eigenvalue weighted by atomic mass is 9.87. The third-order valence-corrected chi connectivity index (χ3v) is 4.33. The van der Waals surface area contributed by atoms with Gasteiger partial charge in [-0.15, -0.1) is 0 Å². The van der Waals surface area contributed by atoms with Gasteiger partial charge in [-0.25, -0.2) is 0 Å². The van der Waals surface area contributed by atoms with Crippen molar-refractivity contribution in [2.75, 3.05) is 19.6 Å². The summed E-state index contributed by atoms with van der Waals surface area (Å²) in [5, 5.41) is 3.94. The highest BCUT2D eigenvalue weighted by Gasteiger charge is 2.43. The molecule has 2 rings (SSSR count). The van der Waals surface area contributed by atoms with Crippen molar-refractivity contribution in [1.82, 2.24) is 10.2 Å². The Morgan fingerprint density at radius 1 is 1.12 bits per heavy atom. The van der Waals surface area contributed by atoms with Gasteiger partial charge >= 0.3 is 0 Å². The van der Waals surface area contributed by atoms with Crippen LogP contribution in [-0.2, 0) is 0 Å². The zero-order valence-electron chi connectivity index (χ0n) is 12.2. The van der Waals surface area contributed by atoms with Crippen molar-refractivity contribution in [3.05, 3.63) is 0 Å². The maximum absolute atomic E-state index is 3.94. The second-order valence-electron chi connectivity index (χ2n) is 7.39. The van der Waals surface area contributed by atoms with Gasteiger partial charge < -0.3 is 5.32 Å². The molecule has 1 saturated heterocycles. The average molecular weight is 238 g/mol. The molecule has 0 aromatic carbocycles. The molecule has 100 valence electrons. The topological polar surface area (TPSA) is 15.3 Å². The molecule has 2 aliphatic rings. The fraction of sp³-hybridized carbons (Fsp3) is 1.00. The number of rotatable bonds is 3. The van der Waals surface area contributed by atoms with Gasteiger partial charge in [-0.2, -0.15) is 0 Å². The summed E-state index contributed by atoms with van der Waals surface area (Å²) in [7, 11) is 0. The minimum Gasteiger partial charge on any atom is -0.304 e. The van der Waals surface area contributed by atoms with Gasteiger partial charge in [0.2, 0.25) is 0 Å². The van der Waals surface area contributed by atoms with Crippen LogP contribution in [0.25, 0.3) is 0 Å². The van der Waals surface area contributed by atoms with E-state index in [0.717, 1.165) is 5.92 Å². The van der Waals surface area contributed by atoms with E-state index in [4.69, 9.17) is 0 Å². The fourth-order valence-corrected chi connectivity index (χ4v) is 3.77. The van der Waals surface area contributed by atoms with Gasteiger partial charge in [0.25, 0.3) is 0 Å². The molecule has 0 bridgehead atoms. The molecule has 0 aromatic rings. The Morgan fingerprint density at radius 2 is 1.76 bits per heavy atom. The molecule has 1 saturated carbocycles. The molecule has 0 aromatic heterocycles. The Bertz CT molecular complexity index is 252. The van der Waals surface area contributed by atoms with E-state index < -0.39 is 0 Å². The fourth-order valence-electron chi connectivity index (χ4n) is 3.77. The van der Waals surface area contributed by atoms with E-state index in [-0.39, 0.29) is 0 Å². The van der Waals surface area contributed by atoms with Crippen molar-refractivity contribution in [2.45, 2.75) is 70.9 Å². The van der Waals surface area contributed by atoms with Crippen LogP contribution in [0.1, 0.15) is 59.8 Å². The predicted octanol–water partition coefficient (Wildman–Crippen LogP) is 3.03. The zero-order chi connectivity index (χ0) is 12.5. The summed E-state index contributed by atoms with van der Waals surface area (Å²) in [5.41, 5.74) is 0.734. The Morgan fingerprint density at radius 3 is 2.35 bits per heavy atom. The zero-order valence-corrected chi connectivity index (χ0v) is 12.2. The number of nitrogens with zero attached hydrogens (tertiary/aromatic N) is 1. The molecular weight excluding hydrogens is 208 g/mol. The average Bonchev–Trinajstić information content (AvgIpc) is 2.60. The number of hydrogen-bond acceptors (Lipinski definition) is 2. The molecule has 0 radical (unpaired) electrons. The highest BCUT2D eigenvalue weighted by molar-refractivity contribution is 5.04. The first-order chi connectivity index (χ1) is 7.91. The molecule has 2 nitrogen and oxygen atoms in total. The van der Waals surface area contributed by atoms with E-state index in [1.54, 1.807) is 0 Å². The van der Waals surface area contributed by atoms with E-state index in [9.17, 15) is 0 Å². The predicted molar refractivity (Wildman–Crippen MR) is 74.3 cm³/mol. The van der Waals surface area contributed by atoms with Crippen molar-refractivity contribution in [1.29, 1.82) is 0 Å². The van der Waals surface area contributed by atoms with Crippen LogP contribution in [0.4, 0.5) is 0 Å². The van der Waals surface area contributed by atoms with Crippen LogP contribution in [0.2, 0.25) is 0 Å². The van der Waals surface area contributed by atoms with Gasteiger partial charge in [-0.1, -0.05) is 26.7 Å². The van der Waals surface area contributed by atoms with Crippen LogP contribution >= 0.6 is 0 Å². The SMILES string of the molecule is CC(C)CCN1CC(C)(C)NC2(CCCC2)C1. The monoisotopic (exact) mass is 238 g/mol. The van der Waals surface area contributed by atoms with E-state index in [1.165, 1.54) is 51.7 Å². The van der Waals surface area contributed by atoms with Gasteiger partial charge in [0.05, 0.1) is 0 Å². The van der Waals surface area contributed by atoms with Crippen LogP contribution in [0, 0.1) is 5.92 Å². The van der Waals surface area contributed by atoms with E-state index in [0.29, 0.717) is 11.1 Å². The van der Waals surface area contributed by atoms with Gasteiger partial charge in [0, 0.05) is 24.2 Å². The Kier molecular flexibility index (Phi) is 3.84. The first-order valence-corrected chi connectivity index (χ1v) is 7.43. The minimum atomic E-state index is 0.291. The second-order valence-corrected chi connectivity index (χ2v) is 7.39. The molecular formula is C15H30N2. The van der Waals surface area contributed by atoms with Crippen molar-refractivity contribution in [3.63, 3.8) is 0 Å². The van der Waals surface area contributed by atoms with Crippen molar-refractivity contribution >= 4 is 0 Å². The van der Waals surface area contributed by atoms with E-state index in [2.05, 4.69) is 37.9 Å². The Hall–Kier alpha value is -0.0800. The molecule has 1 aliphatic carbocycles. The highest BCUT2D eigenvalue weighted by atomic mass is 15.3. The van der Waals surface area contributed by atoms with Gasteiger partial charge in [0.15, 0.2) is 0 Å². The van der Waals surface area contributed by atoms with Gasteiger partial charge in [0.1, 0.15) is 0 Å². The standard InChI is InChI=1S/C15H30N2/c1-13(2)7-10-17-11-14(3,4)16-15(12-17)8-5-6-9-15/h13,16H,5-12H2,1-4H3. The molecule has 1 heterocycles. The Balaban J connectivity index is 1.98. The van der Waals surface area contributed by atoms with Crippen LogP contribution in [0.15, 0.2) is 0 Å². The molecule has 0 amide bonds. The molecule has 2 heteroatoms. The summed E-state index contributed by atoms with van der Waals surface area (Å²) in [5.74, 6) is 0.826. The maximum atomic E-state index is 3.94. The number of hydrogen-bond donors (Lipinski definition) is 1. The van der Waals surface area contributed by atoms with Crippen molar-refractivity contribution in [2.24, 2.45) is 5.92 Å². The molecule has 1 spiro atoms. The maximum Gasteiger partial charge on any atom is 0.0313 e. The summed E-state index contributed by atoms with van der Waals surface area (Å²) < 4.78 is 0. The molecule has 1 N–H and O–H groups in total. The number of nitrogens with one attached hydrogen (secondary N) is 1. The van der Waals surface area contributed by atoms with Crippen LogP contribution < -0.4 is 5.32 Å². The smallest absolute Gasteiger partial charge is 0.0313 e. The first kappa shape index (κ1) is 13.4. The van der Waals surface area contributed by atoms with Crippen LogP contribution in [0.3, 0.4) is 0 Å². The quantitative estimate of drug-likeness (QED) is 0.813. The van der Waals surface area contributed by atoms with Gasteiger partial charge in [-0.3, -0.25) is 4.90 Å². The van der Waals surface area contributed by atoms with Gasteiger partial charge in [-0.05, 0) is 45.6 Å². The summed E-state index contributed by atoms with van der Waals surface area (Å²) in [6.07, 6.45) is 6.94. The number of piperazine rings is 1. The largest absolute Gasteiger partial charge is 0.304 e.